The van der Waals surface area contributed by atoms with Crippen molar-refractivity contribution in [2.24, 2.45) is 5.92 Å². The summed E-state index contributed by atoms with van der Waals surface area (Å²) in [5, 5.41) is 3.19. The number of hydrogen-bond acceptors (Lipinski definition) is 3. The minimum atomic E-state index is -4.89. The van der Waals surface area contributed by atoms with Crippen LogP contribution in [0.4, 0.5) is 22.0 Å². The third kappa shape index (κ3) is 5.32. The third-order valence-electron chi connectivity index (χ3n) is 4.34. The Morgan fingerprint density at radius 2 is 1.70 bits per heavy atom. The summed E-state index contributed by atoms with van der Waals surface area (Å²) in [6.07, 6.45) is -3.21. The van der Waals surface area contributed by atoms with E-state index in [1.807, 2.05) is 0 Å². The topological polar surface area (TPSA) is 30.5 Å². The van der Waals surface area contributed by atoms with E-state index in [9.17, 15) is 22.0 Å². The van der Waals surface area contributed by atoms with Crippen molar-refractivity contribution in [2.45, 2.75) is 19.2 Å². The lowest BCUT2D eigenvalue weighted by molar-refractivity contribution is -0.275. The number of hydrogen-bond donors (Lipinski definition) is 1. The number of benzene rings is 2. The zero-order valence-corrected chi connectivity index (χ0v) is 14.3. The van der Waals surface area contributed by atoms with E-state index in [-0.39, 0.29) is 29.4 Å². The molecule has 0 atom stereocenters. The van der Waals surface area contributed by atoms with E-state index in [4.69, 9.17) is 4.74 Å². The van der Waals surface area contributed by atoms with Gasteiger partial charge in [-0.1, -0.05) is 6.07 Å². The molecule has 3 rings (SSSR count). The summed E-state index contributed by atoms with van der Waals surface area (Å²) in [7, 11) is 0. The number of piperidine rings is 1. The SMILES string of the molecule is Fc1ccc(F)c(-c2ccc(OC(F)(F)F)c(OCC3CCNCC3)c2)c1. The van der Waals surface area contributed by atoms with Crippen LogP contribution in [0.25, 0.3) is 11.1 Å². The number of rotatable bonds is 5. The first-order chi connectivity index (χ1) is 12.8. The molecule has 1 saturated heterocycles. The van der Waals surface area contributed by atoms with Gasteiger partial charge in [-0.3, -0.25) is 0 Å². The van der Waals surface area contributed by atoms with Crippen molar-refractivity contribution in [1.29, 1.82) is 0 Å². The summed E-state index contributed by atoms with van der Waals surface area (Å²) in [5.41, 5.74) is 0.127. The molecule has 2 aromatic rings. The van der Waals surface area contributed by atoms with E-state index < -0.39 is 23.7 Å². The van der Waals surface area contributed by atoms with E-state index in [1.165, 1.54) is 12.1 Å². The van der Waals surface area contributed by atoms with Gasteiger partial charge in [0.15, 0.2) is 11.5 Å². The van der Waals surface area contributed by atoms with Crippen LogP contribution in [0, 0.1) is 17.6 Å². The smallest absolute Gasteiger partial charge is 0.489 e. The molecule has 1 N–H and O–H groups in total. The van der Waals surface area contributed by atoms with Crippen LogP contribution in [0.2, 0.25) is 0 Å². The molecule has 2 aromatic carbocycles. The first-order valence-corrected chi connectivity index (χ1v) is 8.50. The maximum absolute atomic E-state index is 14.0. The largest absolute Gasteiger partial charge is 0.573 e. The molecular formula is C19H18F5NO2. The van der Waals surface area contributed by atoms with Crippen molar-refractivity contribution in [1.82, 2.24) is 5.32 Å². The van der Waals surface area contributed by atoms with Gasteiger partial charge >= 0.3 is 6.36 Å². The quantitative estimate of drug-likeness (QED) is 0.740. The molecule has 8 heteroatoms. The summed E-state index contributed by atoms with van der Waals surface area (Å²) in [5.74, 6) is -1.83. The van der Waals surface area contributed by atoms with Crippen molar-refractivity contribution in [2.75, 3.05) is 19.7 Å². The van der Waals surface area contributed by atoms with Crippen LogP contribution in [-0.2, 0) is 0 Å². The molecule has 0 amide bonds. The van der Waals surface area contributed by atoms with E-state index in [2.05, 4.69) is 10.1 Å². The van der Waals surface area contributed by atoms with E-state index in [1.54, 1.807) is 0 Å². The molecule has 27 heavy (non-hydrogen) atoms. The number of halogens is 5. The molecule has 0 saturated carbocycles. The highest BCUT2D eigenvalue weighted by atomic mass is 19.4. The lowest BCUT2D eigenvalue weighted by Crippen LogP contribution is -2.30. The molecule has 0 spiro atoms. The van der Waals surface area contributed by atoms with Gasteiger partial charge in [0.05, 0.1) is 6.61 Å². The molecule has 0 radical (unpaired) electrons. The van der Waals surface area contributed by atoms with Gasteiger partial charge in [0.2, 0.25) is 0 Å². The van der Waals surface area contributed by atoms with E-state index in [0.717, 1.165) is 50.2 Å². The summed E-state index contributed by atoms with van der Waals surface area (Å²) in [6, 6.07) is 6.42. The first-order valence-electron chi connectivity index (χ1n) is 8.50. The zero-order valence-electron chi connectivity index (χ0n) is 14.3. The summed E-state index contributed by atoms with van der Waals surface area (Å²) >= 11 is 0. The fourth-order valence-corrected chi connectivity index (χ4v) is 2.97. The molecule has 3 nitrogen and oxygen atoms in total. The number of ether oxygens (including phenoxy) is 2. The molecule has 1 fully saturated rings. The molecule has 0 unspecified atom stereocenters. The fourth-order valence-electron chi connectivity index (χ4n) is 2.97. The molecule has 1 aliphatic rings. The molecule has 0 bridgehead atoms. The van der Waals surface area contributed by atoms with Crippen molar-refractivity contribution >= 4 is 0 Å². The second-order valence-corrected chi connectivity index (χ2v) is 6.34. The van der Waals surface area contributed by atoms with Gasteiger partial charge in [0, 0.05) is 5.56 Å². The summed E-state index contributed by atoms with van der Waals surface area (Å²) in [6.45, 7) is 1.84. The normalized spacial score (nSPS) is 15.6. The first kappa shape index (κ1) is 19.4. The highest BCUT2D eigenvalue weighted by molar-refractivity contribution is 5.67. The predicted molar refractivity (Wildman–Crippen MR) is 89.6 cm³/mol. The Hall–Kier alpha value is -2.35. The Bertz CT molecular complexity index is 788. The number of nitrogens with one attached hydrogen (secondary N) is 1. The maximum Gasteiger partial charge on any atom is 0.573 e. The van der Waals surface area contributed by atoms with Gasteiger partial charge in [-0.2, -0.15) is 0 Å². The monoisotopic (exact) mass is 387 g/mol. The zero-order chi connectivity index (χ0) is 19.4. The lowest BCUT2D eigenvalue weighted by Gasteiger charge is -2.23. The van der Waals surface area contributed by atoms with Crippen molar-refractivity contribution < 1.29 is 31.4 Å². The van der Waals surface area contributed by atoms with Crippen LogP contribution >= 0.6 is 0 Å². The van der Waals surface area contributed by atoms with E-state index >= 15 is 0 Å². The van der Waals surface area contributed by atoms with Gasteiger partial charge in [-0.25, -0.2) is 8.78 Å². The summed E-state index contributed by atoms with van der Waals surface area (Å²) < 4.78 is 75.0. The molecule has 0 aliphatic carbocycles. The van der Waals surface area contributed by atoms with Gasteiger partial charge in [-0.15, -0.1) is 13.2 Å². The van der Waals surface area contributed by atoms with E-state index in [0.29, 0.717) is 0 Å². The fraction of sp³-hybridized carbons (Fsp3) is 0.368. The molecule has 1 heterocycles. The molecule has 1 aliphatic heterocycles. The van der Waals surface area contributed by atoms with Crippen molar-refractivity contribution in [3.63, 3.8) is 0 Å². The molecule has 0 aromatic heterocycles. The van der Waals surface area contributed by atoms with Crippen LogP contribution in [-0.4, -0.2) is 26.1 Å². The van der Waals surface area contributed by atoms with Crippen molar-refractivity contribution in [3.05, 3.63) is 48.0 Å². The minimum Gasteiger partial charge on any atom is -0.489 e. The van der Waals surface area contributed by atoms with Crippen LogP contribution in [0.3, 0.4) is 0 Å². The van der Waals surface area contributed by atoms with Crippen LogP contribution in [0.1, 0.15) is 12.8 Å². The highest BCUT2D eigenvalue weighted by Crippen LogP contribution is 2.37. The Morgan fingerprint density at radius 1 is 0.963 bits per heavy atom. The molecule has 146 valence electrons. The van der Waals surface area contributed by atoms with Crippen LogP contribution in [0.5, 0.6) is 11.5 Å². The Labute approximate surface area is 153 Å². The summed E-state index contributed by atoms with van der Waals surface area (Å²) in [4.78, 5) is 0. The van der Waals surface area contributed by atoms with Gasteiger partial charge < -0.3 is 14.8 Å². The van der Waals surface area contributed by atoms with Crippen LogP contribution < -0.4 is 14.8 Å². The van der Waals surface area contributed by atoms with Crippen molar-refractivity contribution in [3.8, 4) is 22.6 Å². The average Bonchev–Trinajstić information content (AvgIpc) is 2.62. The Morgan fingerprint density at radius 3 is 2.41 bits per heavy atom. The molecular weight excluding hydrogens is 369 g/mol. The second-order valence-electron chi connectivity index (χ2n) is 6.34. The second kappa shape index (κ2) is 8.12. The standard InChI is InChI=1S/C19H18F5NO2/c20-14-2-3-16(21)15(10-14)13-1-4-17(27-19(22,23)24)18(9-13)26-11-12-5-7-25-8-6-12/h1-4,9-10,12,25H,5-8,11H2. The lowest BCUT2D eigenvalue weighted by atomic mass is 9.99. The van der Waals surface area contributed by atoms with Gasteiger partial charge in [0.25, 0.3) is 0 Å². The number of alkyl halides is 3. The average molecular weight is 387 g/mol. The predicted octanol–water partition coefficient (Wildman–Crippen LogP) is 4.91. The van der Waals surface area contributed by atoms with Gasteiger partial charge in [-0.05, 0) is 67.7 Å². The Kier molecular flexibility index (Phi) is 5.84. The minimum absolute atomic E-state index is 0.0692. The maximum atomic E-state index is 14.0. The van der Waals surface area contributed by atoms with Gasteiger partial charge in [0.1, 0.15) is 11.6 Å². The highest BCUT2D eigenvalue weighted by Gasteiger charge is 2.33. The Balaban J connectivity index is 1.89. The van der Waals surface area contributed by atoms with Crippen LogP contribution in [0.15, 0.2) is 36.4 Å². The third-order valence-corrected chi connectivity index (χ3v) is 4.34.